The van der Waals surface area contributed by atoms with E-state index in [-0.39, 0.29) is 0 Å². The van der Waals surface area contributed by atoms with Gasteiger partial charge in [-0.25, -0.2) is 4.98 Å². The van der Waals surface area contributed by atoms with Crippen LogP contribution in [0.1, 0.15) is 0 Å². The summed E-state index contributed by atoms with van der Waals surface area (Å²) in [5, 5.41) is 6.97. The highest BCUT2D eigenvalue weighted by molar-refractivity contribution is 6.11. The molecule has 2 heterocycles. The van der Waals surface area contributed by atoms with Gasteiger partial charge in [0.05, 0.1) is 0 Å². The van der Waals surface area contributed by atoms with Crippen LogP contribution in [0.3, 0.4) is 0 Å². The molecule has 2 aromatic heterocycles. The number of furan rings is 1. The van der Waals surface area contributed by atoms with Crippen LogP contribution in [0.25, 0.3) is 77.2 Å². The predicted molar refractivity (Wildman–Crippen MR) is 202 cm³/mol. The third kappa shape index (κ3) is 4.65. The van der Waals surface area contributed by atoms with Crippen molar-refractivity contribution in [3.05, 3.63) is 170 Å². The second-order valence-electron chi connectivity index (χ2n) is 12.4. The zero-order chi connectivity index (χ0) is 32.3. The minimum absolute atomic E-state index is 0.603. The molecule has 0 spiro atoms. The number of benzene rings is 8. The summed E-state index contributed by atoms with van der Waals surface area (Å²) in [5.74, 6) is 0.603. The molecular weight excluding hydrogens is 601 g/mol. The zero-order valence-corrected chi connectivity index (χ0v) is 26.4. The normalized spacial score (nSPS) is 11.7. The molecule has 0 amide bonds. The van der Waals surface area contributed by atoms with Gasteiger partial charge < -0.3 is 13.7 Å². The Labute approximate surface area is 282 Å². The van der Waals surface area contributed by atoms with Crippen LogP contribution in [0, 0.1) is 0 Å². The van der Waals surface area contributed by atoms with Crippen LogP contribution in [0.5, 0.6) is 0 Å². The molecule has 0 aliphatic heterocycles. The Morgan fingerprint density at radius 1 is 0.367 bits per heavy atom. The number of fused-ring (bicyclic) bond motifs is 7. The van der Waals surface area contributed by atoms with Gasteiger partial charge in [0.15, 0.2) is 5.58 Å². The third-order valence-corrected chi connectivity index (χ3v) is 9.44. The molecule has 0 atom stereocenters. The third-order valence-electron chi connectivity index (χ3n) is 9.44. The number of hydrogen-bond donors (Lipinski definition) is 0. The highest BCUT2D eigenvalue weighted by Gasteiger charge is 2.18. The minimum atomic E-state index is 0.603. The van der Waals surface area contributed by atoms with Crippen LogP contribution >= 0.6 is 0 Å². The molecule has 0 saturated carbocycles. The Hall–Kier alpha value is -6.65. The SMILES string of the molecule is c1ccc(-c2cccc(N(c3ccc4c(ccc5ccccc54)c3)c3ccc4c(c3)oc3cc5oc(-c6ccccc6)nc5cc34)c2)cc1. The minimum Gasteiger partial charge on any atom is -0.456 e. The van der Waals surface area contributed by atoms with Crippen molar-refractivity contribution in [2.24, 2.45) is 0 Å². The monoisotopic (exact) mass is 628 g/mol. The largest absolute Gasteiger partial charge is 0.456 e. The van der Waals surface area contributed by atoms with Crippen molar-refractivity contribution in [1.82, 2.24) is 4.98 Å². The first-order valence-electron chi connectivity index (χ1n) is 16.4. The topological polar surface area (TPSA) is 42.4 Å². The standard InChI is InChI=1S/C45H28N2O2/c1-3-10-29(11-4-1)32-15-9-16-34(24-32)47(35-20-22-38-33(25-35)19-18-30-12-7-8-17-37(30)38)36-21-23-39-40-27-41-44(28-43(40)48-42(39)26-36)49-45(46-41)31-13-5-2-6-14-31/h1-28H. The maximum atomic E-state index is 6.54. The zero-order valence-electron chi connectivity index (χ0n) is 26.4. The molecule has 0 aliphatic carbocycles. The number of rotatable bonds is 5. The summed E-state index contributed by atoms with van der Waals surface area (Å²) in [4.78, 5) is 7.12. The summed E-state index contributed by atoms with van der Waals surface area (Å²) in [6.45, 7) is 0. The average molecular weight is 629 g/mol. The summed E-state index contributed by atoms with van der Waals surface area (Å²) in [6.07, 6.45) is 0. The summed E-state index contributed by atoms with van der Waals surface area (Å²) in [6, 6.07) is 59.4. The Morgan fingerprint density at radius 2 is 1.02 bits per heavy atom. The van der Waals surface area contributed by atoms with E-state index >= 15 is 0 Å². The van der Waals surface area contributed by atoms with Crippen molar-refractivity contribution >= 4 is 71.6 Å². The lowest BCUT2D eigenvalue weighted by atomic mass is 10.0. The number of anilines is 3. The molecule has 0 N–H and O–H groups in total. The van der Waals surface area contributed by atoms with Crippen molar-refractivity contribution in [2.75, 3.05) is 4.90 Å². The van der Waals surface area contributed by atoms with Crippen LogP contribution in [0.15, 0.2) is 179 Å². The van der Waals surface area contributed by atoms with Crippen LogP contribution < -0.4 is 4.90 Å². The molecule has 0 aliphatic rings. The Bertz CT molecular complexity index is 2830. The van der Waals surface area contributed by atoms with Gasteiger partial charge >= 0.3 is 0 Å². The Morgan fingerprint density at radius 3 is 1.88 bits per heavy atom. The maximum Gasteiger partial charge on any atom is 0.227 e. The van der Waals surface area contributed by atoms with E-state index in [0.29, 0.717) is 11.5 Å². The fraction of sp³-hybridized carbons (Fsp3) is 0. The van der Waals surface area contributed by atoms with Gasteiger partial charge in [-0.3, -0.25) is 0 Å². The molecule has 0 fully saturated rings. The van der Waals surface area contributed by atoms with Crippen LogP contribution in [0.2, 0.25) is 0 Å². The quantitative estimate of drug-likeness (QED) is 0.178. The van der Waals surface area contributed by atoms with E-state index in [0.717, 1.165) is 55.6 Å². The van der Waals surface area contributed by atoms with Gasteiger partial charge in [-0.1, -0.05) is 103 Å². The van der Waals surface area contributed by atoms with E-state index in [4.69, 9.17) is 13.8 Å². The van der Waals surface area contributed by atoms with Gasteiger partial charge in [0, 0.05) is 45.5 Å². The molecule has 49 heavy (non-hydrogen) atoms. The van der Waals surface area contributed by atoms with Crippen molar-refractivity contribution in [1.29, 1.82) is 0 Å². The van der Waals surface area contributed by atoms with Crippen molar-refractivity contribution < 1.29 is 8.83 Å². The molecule has 0 bridgehead atoms. The molecule has 10 aromatic rings. The van der Waals surface area contributed by atoms with Crippen LogP contribution in [0.4, 0.5) is 17.1 Å². The predicted octanol–water partition coefficient (Wildman–Crippen LogP) is 12.8. The first kappa shape index (κ1) is 27.5. The number of nitrogens with zero attached hydrogens (tertiary/aromatic N) is 2. The van der Waals surface area contributed by atoms with Gasteiger partial charge in [0.1, 0.15) is 16.7 Å². The van der Waals surface area contributed by atoms with E-state index in [9.17, 15) is 0 Å². The lowest BCUT2D eigenvalue weighted by Gasteiger charge is -2.26. The van der Waals surface area contributed by atoms with E-state index in [2.05, 4.69) is 138 Å². The van der Waals surface area contributed by atoms with E-state index in [1.165, 1.54) is 27.1 Å². The van der Waals surface area contributed by atoms with E-state index in [1.54, 1.807) is 0 Å². The maximum absolute atomic E-state index is 6.54. The molecule has 4 nitrogen and oxygen atoms in total. The number of oxazole rings is 1. The van der Waals surface area contributed by atoms with Gasteiger partial charge in [-0.15, -0.1) is 0 Å². The van der Waals surface area contributed by atoms with Crippen LogP contribution in [-0.2, 0) is 0 Å². The fourth-order valence-electron chi connectivity index (χ4n) is 7.07. The average Bonchev–Trinajstić information content (AvgIpc) is 3.75. The fourth-order valence-corrected chi connectivity index (χ4v) is 7.07. The lowest BCUT2D eigenvalue weighted by Crippen LogP contribution is -2.10. The van der Waals surface area contributed by atoms with Crippen molar-refractivity contribution in [3.8, 4) is 22.6 Å². The molecule has 230 valence electrons. The molecule has 8 aromatic carbocycles. The first-order chi connectivity index (χ1) is 24.2. The van der Waals surface area contributed by atoms with Crippen LogP contribution in [-0.4, -0.2) is 4.98 Å². The Kier molecular flexibility index (Phi) is 6.15. The van der Waals surface area contributed by atoms with Gasteiger partial charge in [0.2, 0.25) is 5.89 Å². The highest BCUT2D eigenvalue weighted by atomic mass is 16.4. The summed E-state index contributed by atoms with van der Waals surface area (Å²) >= 11 is 0. The second kappa shape index (κ2) is 11.0. The second-order valence-corrected chi connectivity index (χ2v) is 12.4. The van der Waals surface area contributed by atoms with E-state index < -0.39 is 0 Å². The molecule has 10 rings (SSSR count). The summed E-state index contributed by atoms with van der Waals surface area (Å²) in [5.41, 5.74) is 9.50. The Balaban J connectivity index is 1.13. The first-order valence-corrected chi connectivity index (χ1v) is 16.4. The van der Waals surface area contributed by atoms with Gasteiger partial charge in [-0.2, -0.15) is 0 Å². The number of hydrogen-bond acceptors (Lipinski definition) is 4. The smallest absolute Gasteiger partial charge is 0.227 e. The molecular formula is C45H28N2O2. The molecule has 4 heteroatoms. The van der Waals surface area contributed by atoms with Gasteiger partial charge in [-0.05, 0) is 87.3 Å². The van der Waals surface area contributed by atoms with Crippen molar-refractivity contribution in [3.63, 3.8) is 0 Å². The number of aromatic nitrogens is 1. The molecule has 0 saturated heterocycles. The van der Waals surface area contributed by atoms with Crippen molar-refractivity contribution in [2.45, 2.75) is 0 Å². The highest BCUT2D eigenvalue weighted by Crippen LogP contribution is 2.42. The lowest BCUT2D eigenvalue weighted by molar-refractivity contribution is 0.617. The summed E-state index contributed by atoms with van der Waals surface area (Å²) in [7, 11) is 0. The molecule has 0 radical (unpaired) electrons. The summed E-state index contributed by atoms with van der Waals surface area (Å²) < 4.78 is 12.7. The van der Waals surface area contributed by atoms with E-state index in [1.807, 2.05) is 36.4 Å². The van der Waals surface area contributed by atoms with Gasteiger partial charge in [0.25, 0.3) is 0 Å². The molecule has 0 unspecified atom stereocenters.